The summed E-state index contributed by atoms with van der Waals surface area (Å²) in [5.74, 6) is -0.0164. The van der Waals surface area contributed by atoms with E-state index in [4.69, 9.17) is 11.6 Å². The van der Waals surface area contributed by atoms with E-state index in [1.165, 1.54) is 17.4 Å². The standard InChI is InChI=1S/C8H5ClO2S/c9-7-6(11)3-5(10)4-1-2-12-8(4)7/h1-3,10-11H. The fraction of sp³-hybridized carbons (Fsp3) is 0. The summed E-state index contributed by atoms with van der Waals surface area (Å²) in [5.41, 5.74) is 0. The van der Waals surface area contributed by atoms with E-state index in [9.17, 15) is 10.2 Å². The van der Waals surface area contributed by atoms with Crippen molar-refractivity contribution < 1.29 is 10.2 Å². The Morgan fingerprint density at radius 2 is 2.00 bits per heavy atom. The van der Waals surface area contributed by atoms with Crippen LogP contribution in [-0.2, 0) is 0 Å². The fourth-order valence-corrected chi connectivity index (χ4v) is 2.21. The molecule has 1 aromatic heterocycles. The summed E-state index contributed by atoms with van der Waals surface area (Å²) in [7, 11) is 0. The van der Waals surface area contributed by atoms with Gasteiger partial charge in [-0.3, -0.25) is 0 Å². The molecule has 0 saturated carbocycles. The molecule has 0 aliphatic heterocycles. The third-order valence-corrected chi connectivity index (χ3v) is 3.07. The second kappa shape index (κ2) is 2.54. The third-order valence-electron chi connectivity index (χ3n) is 1.64. The van der Waals surface area contributed by atoms with Gasteiger partial charge in [0.1, 0.15) is 16.5 Å². The summed E-state index contributed by atoms with van der Waals surface area (Å²) in [5, 5.41) is 21.4. The lowest BCUT2D eigenvalue weighted by Gasteiger charge is -1.99. The van der Waals surface area contributed by atoms with E-state index in [0.717, 1.165) is 0 Å². The van der Waals surface area contributed by atoms with Crippen molar-refractivity contribution in [3.8, 4) is 11.5 Å². The lowest BCUT2D eigenvalue weighted by molar-refractivity contribution is 0.455. The van der Waals surface area contributed by atoms with Crippen LogP contribution in [0, 0.1) is 0 Å². The number of rotatable bonds is 0. The first kappa shape index (κ1) is 7.71. The molecule has 0 aliphatic carbocycles. The van der Waals surface area contributed by atoms with Crippen LogP contribution in [-0.4, -0.2) is 10.2 Å². The molecular formula is C8H5ClO2S. The van der Waals surface area contributed by atoms with E-state index in [0.29, 0.717) is 15.1 Å². The fourth-order valence-electron chi connectivity index (χ4n) is 1.07. The number of benzene rings is 1. The van der Waals surface area contributed by atoms with Crippen LogP contribution in [0.4, 0.5) is 0 Å². The van der Waals surface area contributed by atoms with E-state index >= 15 is 0 Å². The molecule has 0 bridgehead atoms. The Labute approximate surface area is 77.6 Å². The summed E-state index contributed by atoms with van der Waals surface area (Å²) in [6, 6.07) is 3.01. The zero-order valence-electron chi connectivity index (χ0n) is 5.91. The topological polar surface area (TPSA) is 40.5 Å². The van der Waals surface area contributed by atoms with Gasteiger partial charge in [-0.25, -0.2) is 0 Å². The van der Waals surface area contributed by atoms with Gasteiger partial charge in [0.25, 0.3) is 0 Å². The van der Waals surface area contributed by atoms with E-state index < -0.39 is 0 Å². The van der Waals surface area contributed by atoms with E-state index in [1.54, 1.807) is 6.07 Å². The van der Waals surface area contributed by atoms with Crippen LogP contribution in [0.5, 0.6) is 11.5 Å². The minimum atomic E-state index is -0.0795. The average Bonchev–Trinajstić information content (AvgIpc) is 2.48. The Kier molecular flexibility index (Phi) is 1.63. The second-order valence-electron chi connectivity index (χ2n) is 2.39. The molecule has 0 amide bonds. The lowest BCUT2D eigenvalue weighted by atomic mass is 10.2. The molecule has 2 nitrogen and oxygen atoms in total. The molecule has 0 unspecified atom stereocenters. The predicted molar refractivity (Wildman–Crippen MR) is 50.2 cm³/mol. The van der Waals surface area contributed by atoms with Gasteiger partial charge >= 0.3 is 0 Å². The normalized spacial score (nSPS) is 10.8. The molecule has 2 aromatic rings. The maximum absolute atomic E-state index is 9.35. The average molecular weight is 201 g/mol. The van der Waals surface area contributed by atoms with Crippen LogP contribution in [0.15, 0.2) is 17.5 Å². The van der Waals surface area contributed by atoms with Gasteiger partial charge in [0.2, 0.25) is 0 Å². The maximum atomic E-state index is 9.35. The smallest absolute Gasteiger partial charge is 0.139 e. The first-order valence-corrected chi connectivity index (χ1v) is 4.53. The van der Waals surface area contributed by atoms with Gasteiger partial charge < -0.3 is 10.2 Å². The Morgan fingerprint density at radius 3 is 2.75 bits per heavy atom. The molecule has 0 saturated heterocycles. The zero-order valence-corrected chi connectivity index (χ0v) is 7.49. The summed E-state index contributed by atoms with van der Waals surface area (Å²) in [6.07, 6.45) is 0. The number of thiophene rings is 1. The number of hydrogen-bond acceptors (Lipinski definition) is 3. The highest BCUT2D eigenvalue weighted by molar-refractivity contribution is 7.18. The molecule has 0 radical (unpaired) electrons. The lowest BCUT2D eigenvalue weighted by Crippen LogP contribution is -1.70. The molecule has 0 aliphatic rings. The van der Waals surface area contributed by atoms with Gasteiger partial charge in [0, 0.05) is 11.5 Å². The Hall–Kier alpha value is -0.930. The number of halogens is 1. The van der Waals surface area contributed by atoms with Gasteiger partial charge in [-0.15, -0.1) is 11.3 Å². The van der Waals surface area contributed by atoms with E-state index in [1.807, 2.05) is 5.38 Å². The molecule has 4 heteroatoms. The molecule has 1 aromatic carbocycles. The summed E-state index contributed by atoms with van der Waals surface area (Å²) in [6.45, 7) is 0. The van der Waals surface area contributed by atoms with Crippen LogP contribution in [0.25, 0.3) is 10.1 Å². The highest BCUT2D eigenvalue weighted by atomic mass is 35.5. The number of aromatic hydroxyl groups is 2. The Morgan fingerprint density at radius 1 is 1.25 bits per heavy atom. The Bertz CT molecular complexity index is 436. The minimum Gasteiger partial charge on any atom is -0.507 e. The number of phenols is 2. The van der Waals surface area contributed by atoms with E-state index in [2.05, 4.69) is 0 Å². The number of fused-ring (bicyclic) bond motifs is 1. The third kappa shape index (κ3) is 0.940. The molecule has 0 fully saturated rings. The monoisotopic (exact) mass is 200 g/mol. The van der Waals surface area contributed by atoms with Crippen molar-refractivity contribution in [1.29, 1.82) is 0 Å². The number of hydrogen-bond donors (Lipinski definition) is 2. The van der Waals surface area contributed by atoms with Crippen molar-refractivity contribution in [3.05, 3.63) is 22.5 Å². The summed E-state index contributed by atoms with van der Waals surface area (Å²) < 4.78 is 0.717. The van der Waals surface area contributed by atoms with Crippen molar-refractivity contribution in [2.45, 2.75) is 0 Å². The first-order chi connectivity index (χ1) is 5.70. The van der Waals surface area contributed by atoms with Crippen LogP contribution < -0.4 is 0 Å². The highest BCUT2D eigenvalue weighted by Gasteiger charge is 2.09. The largest absolute Gasteiger partial charge is 0.507 e. The zero-order chi connectivity index (χ0) is 8.72. The quantitative estimate of drug-likeness (QED) is 0.687. The molecule has 2 N–H and O–H groups in total. The van der Waals surface area contributed by atoms with Gasteiger partial charge in [-0.2, -0.15) is 0 Å². The molecule has 2 rings (SSSR count). The van der Waals surface area contributed by atoms with E-state index in [-0.39, 0.29) is 11.5 Å². The van der Waals surface area contributed by atoms with Crippen molar-refractivity contribution >= 4 is 33.0 Å². The van der Waals surface area contributed by atoms with Crippen LogP contribution in [0.1, 0.15) is 0 Å². The van der Waals surface area contributed by atoms with Crippen LogP contribution in [0.2, 0.25) is 5.02 Å². The Balaban J connectivity index is 2.97. The van der Waals surface area contributed by atoms with Crippen molar-refractivity contribution in [2.24, 2.45) is 0 Å². The molecule has 1 heterocycles. The molecule has 0 atom stereocenters. The highest BCUT2D eigenvalue weighted by Crippen LogP contribution is 2.40. The molecule has 62 valence electrons. The molecule has 0 spiro atoms. The minimum absolute atomic E-state index is 0.0631. The van der Waals surface area contributed by atoms with Gasteiger partial charge in [0.15, 0.2) is 0 Å². The van der Waals surface area contributed by atoms with Gasteiger partial charge in [-0.05, 0) is 11.4 Å². The summed E-state index contributed by atoms with van der Waals surface area (Å²) in [4.78, 5) is 0. The van der Waals surface area contributed by atoms with Gasteiger partial charge in [-0.1, -0.05) is 11.6 Å². The van der Waals surface area contributed by atoms with Crippen molar-refractivity contribution in [1.82, 2.24) is 0 Å². The summed E-state index contributed by atoms with van der Waals surface area (Å²) >= 11 is 7.18. The van der Waals surface area contributed by atoms with Crippen LogP contribution in [0.3, 0.4) is 0 Å². The van der Waals surface area contributed by atoms with Crippen LogP contribution >= 0.6 is 22.9 Å². The number of phenolic OH excluding ortho intramolecular Hbond substituents is 2. The first-order valence-electron chi connectivity index (χ1n) is 3.28. The predicted octanol–water partition coefficient (Wildman–Crippen LogP) is 2.97. The van der Waals surface area contributed by atoms with Gasteiger partial charge in [0.05, 0.1) is 4.70 Å². The maximum Gasteiger partial charge on any atom is 0.139 e. The van der Waals surface area contributed by atoms with Crippen molar-refractivity contribution in [3.63, 3.8) is 0 Å². The second-order valence-corrected chi connectivity index (χ2v) is 3.69. The molecule has 12 heavy (non-hydrogen) atoms. The SMILES string of the molecule is Oc1cc(O)c2ccsc2c1Cl. The van der Waals surface area contributed by atoms with Crippen molar-refractivity contribution in [2.75, 3.05) is 0 Å². The molecular weight excluding hydrogens is 196 g/mol.